The van der Waals surface area contributed by atoms with E-state index in [1.807, 2.05) is 6.92 Å². The maximum absolute atomic E-state index is 8.96. The molecular formula is C12H18N6O. The summed E-state index contributed by atoms with van der Waals surface area (Å²) >= 11 is 0. The maximum atomic E-state index is 8.96. The lowest BCUT2D eigenvalue weighted by Gasteiger charge is -2.35. The molecule has 0 unspecified atom stereocenters. The van der Waals surface area contributed by atoms with Crippen molar-refractivity contribution in [3.63, 3.8) is 0 Å². The first-order chi connectivity index (χ1) is 9.28. The molecule has 0 aromatic carbocycles. The van der Waals surface area contributed by atoms with E-state index >= 15 is 0 Å². The first-order valence-electron chi connectivity index (χ1n) is 6.53. The number of H-pyrrole nitrogens is 1. The van der Waals surface area contributed by atoms with Gasteiger partial charge in [-0.05, 0) is 6.92 Å². The standard InChI is InChI=1S/C12H18N6O/c1-9-15-10-11(16-9)13-8-14-12(10)18-4-2-17(3-5-18)6-7-19/h8,19H,2-7H2,1H3,(H,13,14,15,16). The van der Waals surface area contributed by atoms with Gasteiger partial charge in [-0.3, -0.25) is 4.90 Å². The van der Waals surface area contributed by atoms with Crippen molar-refractivity contribution in [1.29, 1.82) is 0 Å². The third kappa shape index (κ3) is 2.39. The average molecular weight is 262 g/mol. The molecule has 2 aromatic heterocycles. The van der Waals surface area contributed by atoms with Crippen LogP contribution in [0.5, 0.6) is 0 Å². The molecule has 7 nitrogen and oxygen atoms in total. The lowest BCUT2D eigenvalue weighted by Crippen LogP contribution is -2.47. The summed E-state index contributed by atoms with van der Waals surface area (Å²) in [5, 5.41) is 8.96. The van der Waals surface area contributed by atoms with Crippen LogP contribution in [0.3, 0.4) is 0 Å². The van der Waals surface area contributed by atoms with Gasteiger partial charge in [-0.1, -0.05) is 0 Å². The Balaban J connectivity index is 1.81. The van der Waals surface area contributed by atoms with Crippen LogP contribution in [0.1, 0.15) is 5.82 Å². The third-order valence-corrected chi connectivity index (χ3v) is 3.47. The summed E-state index contributed by atoms with van der Waals surface area (Å²) in [6.07, 6.45) is 1.57. The molecule has 0 aliphatic carbocycles. The molecule has 2 aromatic rings. The SMILES string of the molecule is Cc1nc2ncnc(N3CCN(CCO)CC3)c2[nH]1. The van der Waals surface area contributed by atoms with E-state index in [0.717, 1.165) is 55.5 Å². The molecule has 19 heavy (non-hydrogen) atoms. The van der Waals surface area contributed by atoms with Crippen molar-refractivity contribution in [1.82, 2.24) is 24.8 Å². The monoisotopic (exact) mass is 262 g/mol. The highest BCUT2D eigenvalue weighted by Crippen LogP contribution is 2.21. The first kappa shape index (κ1) is 12.3. The van der Waals surface area contributed by atoms with Gasteiger partial charge in [-0.2, -0.15) is 0 Å². The second-order valence-corrected chi connectivity index (χ2v) is 4.77. The largest absolute Gasteiger partial charge is 0.395 e. The lowest BCUT2D eigenvalue weighted by molar-refractivity contribution is 0.188. The zero-order valence-electron chi connectivity index (χ0n) is 11.0. The van der Waals surface area contributed by atoms with Crippen LogP contribution in [0.25, 0.3) is 11.2 Å². The van der Waals surface area contributed by atoms with Crippen molar-refractivity contribution in [2.45, 2.75) is 6.92 Å². The maximum Gasteiger partial charge on any atom is 0.183 e. The normalized spacial score (nSPS) is 17.3. The molecule has 1 aliphatic heterocycles. The van der Waals surface area contributed by atoms with Crippen molar-refractivity contribution in [3.8, 4) is 0 Å². The second kappa shape index (κ2) is 5.10. The molecular weight excluding hydrogens is 244 g/mol. The number of imidazole rings is 1. The molecule has 0 spiro atoms. The fourth-order valence-electron chi connectivity index (χ4n) is 2.50. The Hall–Kier alpha value is -1.73. The average Bonchev–Trinajstić information content (AvgIpc) is 2.80. The van der Waals surface area contributed by atoms with Gasteiger partial charge in [-0.15, -0.1) is 0 Å². The van der Waals surface area contributed by atoms with Gasteiger partial charge in [0.05, 0.1) is 6.61 Å². The predicted octanol–water partition coefficient (Wildman–Crippen LogP) is -0.224. The number of fused-ring (bicyclic) bond motifs is 1. The second-order valence-electron chi connectivity index (χ2n) is 4.77. The number of aromatic nitrogens is 4. The fourth-order valence-corrected chi connectivity index (χ4v) is 2.50. The Morgan fingerprint density at radius 1 is 1.26 bits per heavy atom. The van der Waals surface area contributed by atoms with Gasteiger partial charge in [0.25, 0.3) is 0 Å². The highest BCUT2D eigenvalue weighted by molar-refractivity contribution is 5.83. The van der Waals surface area contributed by atoms with Gasteiger partial charge in [0, 0.05) is 32.7 Å². The molecule has 3 heterocycles. The molecule has 0 atom stereocenters. The number of aromatic amines is 1. The summed E-state index contributed by atoms with van der Waals surface area (Å²) in [7, 11) is 0. The molecule has 0 bridgehead atoms. The van der Waals surface area contributed by atoms with Crippen LogP contribution in [0.2, 0.25) is 0 Å². The van der Waals surface area contributed by atoms with Crippen LogP contribution in [-0.4, -0.2) is 69.3 Å². The molecule has 1 saturated heterocycles. The van der Waals surface area contributed by atoms with E-state index in [9.17, 15) is 0 Å². The number of hydrogen-bond acceptors (Lipinski definition) is 6. The quantitative estimate of drug-likeness (QED) is 0.795. The van der Waals surface area contributed by atoms with Crippen molar-refractivity contribution in [2.24, 2.45) is 0 Å². The number of piperazine rings is 1. The Morgan fingerprint density at radius 2 is 2.05 bits per heavy atom. The number of aryl methyl sites for hydroxylation is 1. The minimum atomic E-state index is 0.220. The molecule has 1 aliphatic rings. The van der Waals surface area contributed by atoms with E-state index in [2.05, 4.69) is 29.7 Å². The van der Waals surface area contributed by atoms with Crippen LogP contribution < -0.4 is 4.90 Å². The summed E-state index contributed by atoms with van der Waals surface area (Å²) in [6.45, 7) is 6.59. The van der Waals surface area contributed by atoms with Crippen molar-refractivity contribution in [2.75, 3.05) is 44.2 Å². The fraction of sp³-hybridized carbons (Fsp3) is 0.583. The highest BCUT2D eigenvalue weighted by Gasteiger charge is 2.20. The summed E-state index contributed by atoms with van der Waals surface area (Å²) in [4.78, 5) is 20.6. The Kier molecular flexibility index (Phi) is 3.31. The van der Waals surface area contributed by atoms with Gasteiger partial charge >= 0.3 is 0 Å². The van der Waals surface area contributed by atoms with Gasteiger partial charge in [-0.25, -0.2) is 15.0 Å². The Bertz CT molecular complexity index is 560. The third-order valence-electron chi connectivity index (χ3n) is 3.47. The molecule has 1 fully saturated rings. The highest BCUT2D eigenvalue weighted by atomic mass is 16.3. The zero-order chi connectivity index (χ0) is 13.2. The van der Waals surface area contributed by atoms with Crippen LogP contribution in [-0.2, 0) is 0 Å². The topological polar surface area (TPSA) is 81.2 Å². The van der Waals surface area contributed by atoms with Gasteiger partial charge in [0.2, 0.25) is 0 Å². The number of nitrogens with zero attached hydrogens (tertiary/aromatic N) is 5. The molecule has 0 amide bonds. The summed E-state index contributed by atoms with van der Waals surface area (Å²) in [5.74, 6) is 1.78. The first-order valence-corrected chi connectivity index (χ1v) is 6.53. The number of β-amino-alcohol motifs (C(OH)–C–C–N with tert-alkyl or cyclic N) is 1. The van der Waals surface area contributed by atoms with Gasteiger partial charge in [0.15, 0.2) is 11.5 Å². The molecule has 2 N–H and O–H groups in total. The van der Waals surface area contributed by atoms with Crippen molar-refractivity contribution >= 4 is 17.0 Å². The number of anilines is 1. The minimum absolute atomic E-state index is 0.220. The van der Waals surface area contributed by atoms with Gasteiger partial charge in [0.1, 0.15) is 17.7 Å². The van der Waals surface area contributed by atoms with E-state index in [-0.39, 0.29) is 6.61 Å². The zero-order valence-corrected chi connectivity index (χ0v) is 11.0. The van der Waals surface area contributed by atoms with Crippen LogP contribution in [0, 0.1) is 6.92 Å². The molecule has 7 heteroatoms. The van der Waals surface area contributed by atoms with E-state index < -0.39 is 0 Å². The number of aliphatic hydroxyl groups excluding tert-OH is 1. The van der Waals surface area contributed by atoms with E-state index in [1.54, 1.807) is 6.33 Å². The summed E-state index contributed by atoms with van der Waals surface area (Å²) in [6, 6.07) is 0. The summed E-state index contributed by atoms with van der Waals surface area (Å²) in [5.41, 5.74) is 1.64. The van der Waals surface area contributed by atoms with Crippen LogP contribution >= 0.6 is 0 Å². The summed E-state index contributed by atoms with van der Waals surface area (Å²) < 4.78 is 0. The minimum Gasteiger partial charge on any atom is -0.395 e. The molecule has 102 valence electrons. The number of rotatable bonds is 3. The van der Waals surface area contributed by atoms with Crippen LogP contribution in [0.4, 0.5) is 5.82 Å². The van der Waals surface area contributed by atoms with Gasteiger partial charge < -0.3 is 15.0 Å². The lowest BCUT2D eigenvalue weighted by atomic mass is 10.3. The molecule has 0 radical (unpaired) electrons. The Morgan fingerprint density at radius 3 is 2.79 bits per heavy atom. The number of aliphatic hydroxyl groups is 1. The van der Waals surface area contributed by atoms with Crippen LogP contribution in [0.15, 0.2) is 6.33 Å². The van der Waals surface area contributed by atoms with E-state index in [4.69, 9.17) is 5.11 Å². The predicted molar refractivity (Wildman–Crippen MR) is 72.2 cm³/mol. The van der Waals surface area contributed by atoms with E-state index in [0.29, 0.717) is 0 Å². The van der Waals surface area contributed by atoms with Crippen molar-refractivity contribution < 1.29 is 5.11 Å². The smallest absolute Gasteiger partial charge is 0.183 e. The van der Waals surface area contributed by atoms with Crippen molar-refractivity contribution in [3.05, 3.63) is 12.2 Å². The van der Waals surface area contributed by atoms with E-state index in [1.165, 1.54) is 0 Å². The number of hydrogen-bond donors (Lipinski definition) is 2. The molecule has 3 rings (SSSR count). The number of nitrogens with one attached hydrogen (secondary N) is 1. The Labute approximate surface area is 111 Å². The molecule has 0 saturated carbocycles.